The van der Waals surface area contributed by atoms with E-state index in [0.717, 1.165) is 11.1 Å². The first-order valence-electron chi connectivity index (χ1n) is 6.70. The smallest absolute Gasteiger partial charge is 0.330 e. The van der Waals surface area contributed by atoms with Gasteiger partial charge in [-0.2, -0.15) is 0 Å². The Morgan fingerprint density at radius 1 is 1.25 bits per heavy atom. The lowest BCUT2D eigenvalue weighted by Gasteiger charge is -2.12. The summed E-state index contributed by atoms with van der Waals surface area (Å²) >= 11 is 0. The molecule has 0 N–H and O–H groups in total. The van der Waals surface area contributed by atoms with Gasteiger partial charge in [-0.05, 0) is 24.8 Å². The second-order valence-electron chi connectivity index (χ2n) is 5.36. The van der Waals surface area contributed by atoms with Gasteiger partial charge in [-0.3, -0.25) is 9.59 Å². The maximum atomic E-state index is 12.0. The molecule has 1 aliphatic carbocycles. The number of benzene rings is 1. The topological polar surface area (TPSA) is 63.7 Å². The molecule has 2 fully saturated rings. The lowest BCUT2D eigenvalue weighted by atomic mass is 10.1. The number of imide groups is 1. The highest BCUT2D eigenvalue weighted by molar-refractivity contribution is 6.01. The molecule has 1 aromatic rings. The Labute approximate surface area is 116 Å². The third-order valence-electron chi connectivity index (χ3n) is 3.75. The molecule has 5 nitrogen and oxygen atoms in total. The van der Waals surface area contributed by atoms with Crippen molar-refractivity contribution in [1.29, 1.82) is 0 Å². The van der Waals surface area contributed by atoms with Crippen LogP contribution in [0.3, 0.4) is 0 Å². The summed E-state index contributed by atoms with van der Waals surface area (Å²) in [6, 6.07) is 7.99. The van der Waals surface area contributed by atoms with Crippen LogP contribution in [0.4, 0.5) is 0 Å². The number of hydrogen-bond acceptors (Lipinski definition) is 4. The molecule has 2 amide bonds. The Morgan fingerprint density at radius 3 is 2.60 bits per heavy atom. The molecule has 3 rings (SSSR count). The second kappa shape index (κ2) is 4.74. The minimum Gasteiger partial charge on any atom is -0.330 e. The van der Waals surface area contributed by atoms with Gasteiger partial charge in [0.1, 0.15) is 0 Å². The largest absolute Gasteiger partial charge is 0.336 e. The van der Waals surface area contributed by atoms with E-state index in [9.17, 15) is 14.4 Å². The molecule has 2 aliphatic rings. The van der Waals surface area contributed by atoms with Gasteiger partial charge in [0, 0.05) is 12.8 Å². The van der Waals surface area contributed by atoms with Crippen molar-refractivity contribution < 1.29 is 19.2 Å². The molecular weight excluding hydrogens is 258 g/mol. The van der Waals surface area contributed by atoms with Gasteiger partial charge in [0.05, 0.1) is 5.92 Å². The van der Waals surface area contributed by atoms with E-state index in [1.165, 1.54) is 0 Å². The zero-order chi connectivity index (χ0) is 14.3. The molecule has 1 aromatic carbocycles. The van der Waals surface area contributed by atoms with Crippen molar-refractivity contribution in [2.75, 3.05) is 0 Å². The van der Waals surface area contributed by atoms with Crippen molar-refractivity contribution in [3.63, 3.8) is 0 Å². The molecule has 2 atom stereocenters. The standard InChI is InChI=1S/C15H15NO4/c1-9-3-2-4-10(7-9)11-8-12(11)15(19)20-16-13(17)5-6-14(16)18/h2-4,7,11-12H,5-6,8H2,1H3/t11-,12+/m0/s1. The second-order valence-corrected chi connectivity index (χ2v) is 5.36. The van der Waals surface area contributed by atoms with Crippen LogP contribution in [0.2, 0.25) is 0 Å². The molecule has 5 heteroatoms. The fraction of sp³-hybridized carbons (Fsp3) is 0.400. The van der Waals surface area contributed by atoms with E-state index in [1.807, 2.05) is 31.2 Å². The average Bonchev–Trinajstić information content (AvgIpc) is 3.16. The summed E-state index contributed by atoms with van der Waals surface area (Å²) in [5.41, 5.74) is 2.25. The van der Waals surface area contributed by atoms with E-state index in [2.05, 4.69) is 0 Å². The average molecular weight is 273 g/mol. The van der Waals surface area contributed by atoms with E-state index >= 15 is 0 Å². The number of carbonyl (C=O) groups excluding carboxylic acids is 3. The van der Waals surface area contributed by atoms with Crippen molar-refractivity contribution in [2.45, 2.75) is 32.1 Å². The molecule has 104 valence electrons. The molecule has 1 saturated carbocycles. The predicted molar refractivity (Wildman–Crippen MR) is 69.2 cm³/mol. The number of nitrogens with zero attached hydrogens (tertiary/aromatic N) is 1. The zero-order valence-electron chi connectivity index (χ0n) is 11.2. The molecule has 20 heavy (non-hydrogen) atoms. The first kappa shape index (κ1) is 12.8. The Morgan fingerprint density at radius 2 is 1.95 bits per heavy atom. The van der Waals surface area contributed by atoms with Gasteiger partial charge in [-0.1, -0.05) is 29.8 Å². The van der Waals surface area contributed by atoms with Gasteiger partial charge in [-0.15, -0.1) is 5.06 Å². The molecule has 0 radical (unpaired) electrons. The minimum absolute atomic E-state index is 0.123. The molecule has 1 saturated heterocycles. The van der Waals surface area contributed by atoms with Crippen molar-refractivity contribution in [3.05, 3.63) is 35.4 Å². The first-order chi connectivity index (χ1) is 9.56. The van der Waals surface area contributed by atoms with E-state index in [1.54, 1.807) is 0 Å². The van der Waals surface area contributed by atoms with Crippen LogP contribution in [0.15, 0.2) is 24.3 Å². The summed E-state index contributed by atoms with van der Waals surface area (Å²) in [4.78, 5) is 39.7. The Kier molecular flexibility index (Phi) is 3.04. The first-order valence-corrected chi connectivity index (χ1v) is 6.70. The number of hydrogen-bond donors (Lipinski definition) is 0. The third-order valence-corrected chi connectivity index (χ3v) is 3.75. The van der Waals surface area contributed by atoms with Crippen LogP contribution < -0.4 is 0 Å². The van der Waals surface area contributed by atoms with Crippen LogP contribution in [0.5, 0.6) is 0 Å². The van der Waals surface area contributed by atoms with E-state index < -0.39 is 17.8 Å². The van der Waals surface area contributed by atoms with Crippen LogP contribution >= 0.6 is 0 Å². The summed E-state index contributed by atoms with van der Waals surface area (Å²) in [7, 11) is 0. The van der Waals surface area contributed by atoms with Gasteiger partial charge in [0.2, 0.25) is 0 Å². The van der Waals surface area contributed by atoms with E-state index in [-0.39, 0.29) is 24.7 Å². The molecule has 1 heterocycles. The number of amides is 2. The Bertz CT molecular complexity index is 579. The molecule has 0 unspecified atom stereocenters. The maximum absolute atomic E-state index is 12.0. The lowest BCUT2D eigenvalue weighted by molar-refractivity contribution is -0.198. The van der Waals surface area contributed by atoms with Gasteiger partial charge >= 0.3 is 5.97 Å². The SMILES string of the molecule is Cc1cccc([C@@H]2C[C@H]2C(=O)ON2C(=O)CCC2=O)c1. The summed E-state index contributed by atoms with van der Waals surface area (Å²) in [5.74, 6) is -1.47. The zero-order valence-corrected chi connectivity index (χ0v) is 11.2. The molecule has 0 aromatic heterocycles. The van der Waals surface area contributed by atoms with Crippen molar-refractivity contribution in [2.24, 2.45) is 5.92 Å². The number of carbonyl (C=O) groups is 3. The van der Waals surface area contributed by atoms with Gasteiger partial charge in [0.15, 0.2) is 0 Å². The Hall–Kier alpha value is -2.17. The fourth-order valence-electron chi connectivity index (χ4n) is 2.54. The molecular formula is C15H15NO4. The summed E-state index contributed by atoms with van der Waals surface area (Å²) in [6.07, 6.45) is 0.953. The minimum atomic E-state index is -0.486. The van der Waals surface area contributed by atoms with Crippen molar-refractivity contribution in [1.82, 2.24) is 5.06 Å². The highest BCUT2D eigenvalue weighted by atomic mass is 16.7. The third kappa shape index (κ3) is 2.31. The highest BCUT2D eigenvalue weighted by Gasteiger charge is 2.47. The normalized spacial score (nSPS) is 24.9. The molecule has 0 spiro atoms. The number of aryl methyl sites for hydroxylation is 1. The summed E-state index contributed by atoms with van der Waals surface area (Å²) in [6.45, 7) is 2.00. The summed E-state index contributed by atoms with van der Waals surface area (Å²) < 4.78 is 0. The van der Waals surface area contributed by atoms with Crippen LogP contribution in [0, 0.1) is 12.8 Å². The molecule has 0 bridgehead atoms. The van der Waals surface area contributed by atoms with Gasteiger partial charge < -0.3 is 4.84 Å². The number of rotatable bonds is 3. The monoisotopic (exact) mass is 273 g/mol. The van der Waals surface area contributed by atoms with Gasteiger partial charge in [-0.25, -0.2) is 4.79 Å². The van der Waals surface area contributed by atoms with Gasteiger partial charge in [0.25, 0.3) is 11.8 Å². The fourth-order valence-corrected chi connectivity index (χ4v) is 2.54. The van der Waals surface area contributed by atoms with Crippen LogP contribution in [-0.4, -0.2) is 22.8 Å². The quantitative estimate of drug-likeness (QED) is 0.786. The van der Waals surface area contributed by atoms with Crippen LogP contribution in [0.1, 0.15) is 36.3 Å². The lowest BCUT2D eigenvalue weighted by Crippen LogP contribution is -2.32. The summed E-state index contributed by atoms with van der Waals surface area (Å²) in [5, 5.41) is 0.619. The Balaban J connectivity index is 1.63. The van der Waals surface area contributed by atoms with E-state index in [4.69, 9.17) is 4.84 Å². The highest BCUT2D eigenvalue weighted by Crippen LogP contribution is 2.48. The number of hydroxylamine groups is 2. The van der Waals surface area contributed by atoms with Crippen LogP contribution in [-0.2, 0) is 19.2 Å². The molecule has 1 aliphatic heterocycles. The maximum Gasteiger partial charge on any atom is 0.336 e. The predicted octanol–water partition coefficient (Wildman–Crippen LogP) is 1.71. The van der Waals surface area contributed by atoms with E-state index in [0.29, 0.717) is 11.5 Å². The van der Waals surface area contributed by atoms with Crippen LogP contribution in [0.25, 0.3) is 0 Å². The van der Waals surface area contributed by atoms with Crippen molar-refractivity contribution >= 4 is 17.8 Å². The van der Waals surface area contributed by atoms with Crippen molar-refractivity contribution in [3.8, 4) is 0 Å².